The van der Waals surface area contributed by atoms with Crippen LogP contribution in [-0.4, -0.2) is 30.0 Å². The number of rotatable bonds is 4. The standard InChI is InChI=1S/C12H11NO4/c1-16-7-17-10-5-4-9(12(14)15)8-3-2-6-13-11(8)10/h2-6H,7H2,1H3,(H,14,15). The fourth-order valence-corrected chi connectivity index (χ4v) is 1.57. The fraction of sp³-hybridized carbons (Fsp3) is 0.167. The lowest BCUT2D eigenvalue weighted by Gasteiger charge is -2.08. The molecule has 2 rings (SSSR count). The number of hydrogen-bond acceptors (Lipinski definition) is 4. The molecule has 1 N–H and O–H groups in total. The molecule has 0 radical (unpaired) electrons. The van der Waals surface area contributed by atoms with Crippen LogP contribution in [0.2, 0.25) is 0 Å². The number of pyridine rings is 1. The minimum Gasteiger partial charge on any atom is -0.478 e. The number of benzene rings is 1. The normalized spacial score (nSPS) is 10.4. The van der Waals surface area contributed by atoms with Gasteiger partial charge in [0.25, 0.3) is 0 Å². The Morgan fingerprint density at radius 2 is 2.24 bits per heavy atom. The molecule has 0 saturated carbocycles. The summed E-state index contributed by atoms with van der Waals surface area (Å²) < 4.78 is 10.1. The zero-order valence-electron chi connectivity index (χ0n) is 9.21. The fourth-order valence-electron chi connectivity index (χ4n) is 1.57. The number of carboxylic acids is 1. The Balaban J connectivity index is 2.58. The molecule has 0 unspecified atom stereocenters. The Kier molecular flexibility index (Phi) is 3.20. The molecule has 5 nitrogen and oxygen atoms in total. The number of nitrogens with zero attached hydrogens (tertiary/aromatic N) is 1. The molecule has 0 atom stereocenters. The van der Waals surface area contributed by atoms with Gasteiger partial charge in [0.1, 0.15) is 11.3 Å². The quantitative estimate of drug-likeness (QED) is 0.817. The van der Waals surface area contributed by atoms with Crippen LogP contribution in [-0.2, 0) is 4.74 Å². The molecule has 1 heterocycles. The van der Waals surface area contributed by atoms with Crippen LogP contribution in [0.3, 0.4) is 0 Å². The Bertz CT molecular complexity index is 553. The molecule has 17 heavy (non-hydrogen) atoms. The van der Waals surface area contributed by atoms with Gasteiger partial charge in [-0.05, 0) is 18.2 Å². The lowest BCUT2D eigenvalue weighted by Crippen LogP contribution is -2.03. The summed E-state index contributed by atoms with van der Waals surface area (Å²) in [5, 5.41) is 9.61. The first-order valence-electron chi connectivity index (χ1n) is 4.97. The number of carbonyl (C=O) groups is 1. The van der Waals surface area contributed by atoms with Crippen LogP contribution in [0.15, 0.2) is 30.5 Å². The maximum atomic E-state index is 11.0. The van der Waals surface area contributed by atoms with Gasteiger partial charge in [-0.25, -0.2) is 4.79 Å². The predicted molar refractivity (Wildman–Crippen MR) is 61.2 cm³/mol. The van der Waals surface area contributed by atoms with E-state index >= 15 is 0 Å². The van der Waals surface area contributed by atoms with Crippen molar-refractivity contribution in [2.45, 2.75) is 0 Å². The van der Waals surface area contributed by atoms with E-state index in [9.17, 15) is 4.79 Å². The van der Waals surface area contributed by atoms with Crippen LogP contribution < -0.4 is 4.74 Å². The number of aromatic carboxylic acids is 1. The number of carboxylic acid groups (broad SMARTS) is 1. The van der Waals surface area contributed by atoms with E-state index in [0.717, 1.165) is 0 Å². The van der Waals surface area contributed by atoms with Gasteiger partial charge in [0.2, 0.25) is 0 Å². The summed E-state index contributed by atoms with van der Waals surface area (Å²) in [5.74, 6) is -0.478. The molecule has 5 heteroatoms. The topological polar surface area (TPSA) is 68.7 Å². The van der Waals surface area contributed by atoms with Gasteiger partial charge in [-0.15, -0.1) is 0 Å². The van der Waals surface area contributed by atoms with Crippen molar-refractivity contribution in [2.24, 2.45) is 0 Å². The molecular weight excluding hydrogens is 222 g/mol. The number of methoxy groups -OCH3 is 1. The first-order chi connectivity index (χ1) is 8.24. The van der Waals surface area contributed by atoms with E-state index in [1.54, 1.807) is 24.4 Å². The average Bonchev–Trinajstić information content (AvgIpc) is 2.35. The van der Waals surface area contributed by atoms with E-state index in [4.69, 9.17) is 14.6 Å². The van der Waals surface area contributed by atoms with Crippen molar-refractivity contribution in [1.82, 2.24) is 4.98 Å². The highest BCUT2D eigenvalue weighted by Crippen LogP contribution is 2.26. The molecule has 0 aliphatic heterocycles. The maximum absolute atomic E-state index is 11.0. The highest BCUT2D eigenvalue weighted by molar-refractivity contribution is 6.04. The predicted octanol–water partition coefficient (Wildman–Crippen LogP) is 1.92. The lowest BCUT2D eigenvalue weighted by molar-refractivity contribution is 0.0521. The molecule has 0 saturated heterocycles. The monoisotopic (exact) mass is 233 g/mol. The highest BCUT2D eigenvalue weighted by Gasteiger charge is 2.12. The van der Waals surface area contributed by atoms with Crippen LogP contribution >= 0.6 is 0 Å². The summed E-state index contributed by atoms with van der Waals surface area (Å²) in [6.07, 6.45) is 1.59. The van der Waals surface area contributed by atoms with Gasteiger partial charge in [-0.3, -0.25) is 4.98 Å². The number of ether oxygens (including phenoxy) is 2. The third-order valence-electron chi connectivity index (χ3n) is 2.30. The third kappa shape index (κ3) is 2.19. The van der Waals surface area contributed by atoms with Crippen molar-refractivity contribution in [2.75, 3.05) is 13.9 Å². The number of fused-ring (bicyclic) bond motifs is 1. The van der Waals surface area contributed by atoms with E-state index in [0.29, 0.717) is 16.7 Å². The molecule has 1 aromatic carbocycles. The first-order valence-corrected chi connectivity index (χ1v) is 4.97. The highest BCUT2D eigenvalue weighted by atomic mass is 16.7. The minimum atomic E-state index is -0.985. The number of aromatic nitrogens is 1. The lowest BCUT2D eigenvalue weighted by atomic mass is 10.1. The third-order valence-corrected chi connectivity index (χ3v) is 2.30. The molecule has 0 aliphatic rings. The summed E-state index contributed by atoms with van der Waals surface area (Å²) in [4.78, 5) is 15.2. The largest absolute Gasteiger partial charge is 0.478 e. The van der Waals surface area contributed by atoms with Crippen LogP contribution in [0.4, 0.5) is 0 Å². The van der Waals surface area contributed by atoms with E-state index < -0.39 is 5.97 Å². The molecule has 0 aliphatic carbocycles. The SMILES string of the molecule is COCOc1ccc(C(=O)O)c2cccnc12. The van der Waals surface area contributed by atoms with Gasteiger partial charge in [-0.1, -0.05) is 6.07 Å². The van der Waals surface area contributed by atoms with E-state index in [1.807, 2.05) is 0 Å². The molecule has 0 fully saturated rings. The van der Waals surface area contributed by atoms with Crippen molar-refractivity contribution in [3.8, 4) is 5.75 Å². The van der Waals surface area contributed by atoms with E-state index in [1.165, 1.54) is 13.2 Å². The van der Waals surface area contributed by atoms with Gasteiger partial charge in [0, 0.05) is 18.7 Å². The summed E-state index contributed by atoms with van der Waals surface area (Å²) in [5.41, 5.74) is 0.724. The van der Waals surface area contributed by atoms with Crippen LogP contribution in [0, 0.1) is 0 Å². The zero-order chi connectivity index (χ0) is 12.3. The molecule has 0 spiro atoms. The van der Waals surface area contributed by atoms with Crippen molar-refractivity contribution in [1.29, 1.82) is 0 Å². The molecule has 0 bridgehead atoms. The first kappa shape index (κ1) is 11.3. The molecule has 1 aromatic heterocycles. The van der Waals surface area contributed by atoms with Gasteiger partial charge in [0.05, 0.1) is 5.56 Å². The molecule has 2 aromatic rings. The minimum absolute atomic E-state index is 0.0953. The summed E-state index contributed by atoms with van der Waals surface area (Å²) >= 11 is 0. The second kappa shape index (κ2) is 4.80. The summed E-state index contributed by atoms with van der Waals surface area (Å²) in [6.45, 7) is 0.0953. The molecular formula is C12H11NO4. The second-order valence-corrected chi connectivity index (χ2v) is 3.37. The van der Waals surface area contributed by atoms with E-state index in [2.05, 4.69) is 4.98 Å². The Morgan fingerprint density at radius 3 is 2.94 bits per heavy atom. The average molecular weight is 233 g/mol. The van der Waals surface area contributed by atoms with Crippen molar-refractivity contribution in [3.63, 3.8) is 0 Å². The smallest absolute Gasteiger partial charge is 0.336 e. The molecule has 0 amide bonds. The maximum Gasteiger partial charge on any atom is 0.336 e. The van der Waals surface area contributed by atoms with Crippen LogP contribution in [0.25, 0.3) is 10.9 Å². The second-order valence-electron chi connectivity index (χ2n) is 3.37. The summed E-state index contributed by atoms with van der Waals surface area (Å²) in [7, 11) is 1.52. The Labute approximate surface area is 97.6 Å². The van der Waals surface area contributed by atoms with Crippen molar-refractivity contribution < 1.29 is 19.4 Å². The molecule has 88 valence electrons. The van der Waals surface area contributed by atoms with Gasteiger partial charge in [0.15, 0.2) is 6.79 Å². The zero-order valence-corrected chi connectivity index (χ0v) is 9.21. The Morgan fingerprint density at radius 1 is 1.41 bits per heavy atom. The van der Waals surface area contributed by atoms with Crippen LogP contribution in [0.1, 0.15) is 10.4 Å². The van der Waals surface area contributed by atoms with Crippen LogP contribution in [0.5, 0.6) is 5.75 Å². The number of hydrogen-bond donors (Lipinski definition) is 1. The van der Waals surface area contributed by atoms with Gasteiger partial charge < -0.3 is 14.6 Å². The summed E-state index contributed by atoms with van der Waals surface area (Å²) in [6, 6.07) is 6.47. The van der Waals surface area contributed by atoms with Crippen molar-refractivity contribution >= 4 is 16.9 Å². The van der Waals surface area contributed by atoms with Crippen molar-refractivity contribution in [3.05, 3.63) is 36.0 Å². The van der Waals surface area contributed by atoms with Gasteiger partial charge >= 0.3 is 5.97 Å². The van der Waals surface area contributed by atoms with E-state index in [-0.39, 0.29) is 12.4 Å². The van der Waals surface area contributed by atoms with Gasteiger partial charge in [-0.2, -0.15) is 0 Å². The Hall–Kier alpha value is -2.14.